The number of carboxylic acid groups (broad SMARTS) is 1. The zero-order valence-electron chi connectivity index (χ0n) is 8.40. The Balaban J connectivity index is 2.42. The molecule has 0 aliphatic heterocycles. The van der Waals surface area contributed by atoms with Crippen LogP contribution in [0.1, 0.15) is 10.4 Å². The first-order valence-corrected chi connectivity index (χ1v) is 5.40. The summed E-state index contributed by atoms with van der Waals surface area (Å²) in [7, 11) is 0. The summed E-state index contributed by atoms with van der Waals surface area (Å²) in [6.45, 7) is -0.507. The molecule has 4 nitrogen and oxygen atoms in total. The largest absolute Gasteiger partial charge is 0.522 e. The molecule has 0 bridgehead atoms. The second-order valence-electron chi connectivity index (χ2n) is 2.83. The van der Waals surface area contributed by atoms with Gasteiger partial charge >= 0.3 is 12.3 Å². The summed E-state index contributed by atoms with van der Waals surface area (Å²) in [6.07, 6.45) is -3.35. The highest BCUT2D eigenvalue weighted by Gasteiger charge is 2.28. The first kappa shape index (κ1) is 13.8. The molecular weight excluding hydrogens is 259 g/mol. The topological polar surface area (TPSA) is 59.4 Å². The van der Waals surface area contributed by atoms with Gasteiger partial charge in [-0.05, 0) is 12.1 Å². The Kier molecular flexibility index (Phi) is 4.76. The normalized spacial score (nSPS) is 11.5. The van der Waals surface area contributed by atoms with Crippen LogP contribution in [0.25, 0.3) is 0 Å². The van der Waals surface area contributed by atoms with Crippen LogP contribution in [-0.2, 0) is 4.74 Å². The summed E-state index contributed by atoms with van der Waals surface area (Å²) in [5.41, 5.74) is 0.0410. The lowest BCUT2D eigenvalue weighted by Crippen LogP contribution is -2.15. The Morgan fingerprint density at radius 1 is 1.53 bits per heavy atom. The van der Waals surface area contributed by atoms with Gasteiger partial charge in [0.15, 0.2) is 0 Å². The van der Waals surface area contributed by atoms with Gasteiger partial charge in [-0.3, -0.25) is 4.74 Å². The summed E-state index contributed by atoms with van der Waals surface area (Å²) in [6, 6.07) is 2.60. The summed E-state index contributed by atoms with van der Waals surface area (Å²) < 4.78 is 38.4. The molecule has 0 aromatic carbocycles. The number of halogens is 3. The van der Waals surface area contributed by atoms with E-state index in [-0.39, 0.29) is 11.3 Å². The fraction of sp³-hybridized carbons (Fsp3) is 0.333. The number of carboxylic acids is 1. The van der Waals surface area contributed by atoms with Crippen LogP contribution in [0.2, 0.25) is 0 Å². The third-order valence-corrected chi connectivity index (χ3v) is 2.47. The van der Waals surface area contributed by atoms with Crippen LogP contribution in [-0.4, -0.2) is 34.8 Å². The average molecular weight is 267 g/mol. The van der Waals surface area contributed by atoms with Crippen molar-refractivity contribution in [1.82, 2.24) is 4.98 Å². The number of hydrogen-bond acceptors (Lipinski definition) is 4. The monoisotopic (exact) mass is 267 g/mol. The predicted molar refractivity (Wildman–Crippen MR) is 53.9 cm³/mol. The standard InChI is InChI=1S/C9H8F3NO3S/c10-9(11,12)16-3-4-17-7-5-6(8(14)15)1-2-13-7/h1-2,5H,3-4H2,(H,14,15). The molecule has 0 aliphatic carbocycles. The molecule has 94 valence electrons. The fourth-order valence-corrected chi connectivity index (χ4v) is 1.65. The van der Waals surface area contributed by atoms with Crippen molar-refractivity contribution in [2.45, 2.75) is 11.4 Å². The van der Waals surface area contributed by atoms with Gasteiger partial charge in [-0.25, -0.2) is 9.78 Å². The number of rotatable bonds is 5. The molecule has 1 rings (SSSR count). The second kappa shape index (κ2) is 5.87. The van der Waals surface area contributed by atoms with E-state index < -0.39 is 18.9 Å². The van der Waals surface area contributed by atoms with Gasteiger partial charge in [-0.1, -0.05) is 0 Å². The summed E-state index contributed by atoms with van der Waals surface area (Å²) >= 11 is 0.993. The number of carbonyl (C=O) groups is 1. The number of ether oxygens (including phenoxy) is 1. The summed E-state index contributed by atoms with van der Waals surface area (Å²) in [4.78, 5) is 14.4. The minimum absolute atomic E-state index is 0.0373. The van der Waals surface area contributed by atoms with Crippen molar-refractivity contribution in [3.05, 3.63) is 23.9 Å². The van der Waals surface area contributed by atoms with Crippen LogP contribution >= 0.6 is 11.8 Å². The van der Waals surface area contributed by atoms with E-state index in [4.69, 9.17) is 5.11 Å². The van der Waals surface area contributed by atoms with Gasteiger partial charge in [0.05, 0.1) is 17.2 Å². The zero-order valence-corrected chi connectivity index (χ0v) is 9.22. The number of aromatic nitrogens is 1. The van der Waals surface area contributed by atoms with Crippen molar-refractivity contribution >= 4 is 17.7 Å². The molecule has 1 heterocycles. The molecule has 8 heteroatoms. The molecule has 1 aromatic rings. The molecule has 17 heavy (non-hydrogen) atoms. The van der Waals surface area contributed by atoms with Crippen molar-refractivity contribution < 1.29 is 27.8 Å². The SMILES string of the molecule is O=C(O)c1ccnc(SCCOC(F)(F)F)c1. The Morgan fingerprint density at radius 3 is 2.82 bits per heavy atom. The maximum atomic E-state index is 11.6. The van der Waals surface area contributed by atoms with Gasteiger partial charge in [0.2, 0.25) is 0 Å². The molecule has 0 spiro atoms. The smallest absolute Gasteiger partial charge is 0.478 e. The van der Waals surface area contributed by atoms with Crippen LogP contribution in [0, 0.1) is 0 Å². The molecule has 0 unspecified atom stereocenters. The van der Waals surface area contributed by atoms with Crippen LogP contribution in [0.5, 0.6) is 0 Å². The Labute approximate surface area is 98.8 Å². The van der Waals surface area contributed by atoms with E-state index in [9.17, 15) is 18.0 Å². The van der Waals surface area contributed by atoms with Crippen LogP contribution in [0.15, 0.2) is 23.4 Å². The highest BCUT2D eigenvalue weighted by molar-refractivity contribution is 7.99. The quantitative estimate of drug-likeness (QED) is 0.655. The van der Waals surface area contributed by atoms with E-state index in [2.05, 4.69) is 9.72 Å². The third kappa shape index (κ3) is 5.55. The van der Waals surface area contributed by atoms with Gasteiger partial charge in [0, 0.05) is 11.9 Å². The van der Waals surface area contributed by atoms with Crippen LogP contribution in [0.3, 0.4) is 0 Å². The predicted octanol–water partition coefficient (Wildman–Crippen LogP) is 2.41. The third-order valence-electron chi connectivity index (χ3n) is 1.58. The van der Waals surface area contributed by atoms with Crippen molar-refractivity contribution in [3.8, 4) is 0 Å². The number of pyridine rings is 1. The molecule has 0 fully saturated rings. The molecule has 1 aromatic heterocycles. The van der Waals surface area contributed by atoms with Gasteiger partial charge < -0.3 is 5.11 Å². The maximum absolute atomic E-state index is 11.6. The van der Waals surface area contributed by atoms with E-state index in [1.807, 2.05) is 0 Å². The number of thioether (sulfide) groups is 1. The molecule has 0 saturated heterocycles. The van der Waals surface area contributed by atoms with E-state index in [0.29, 0.717) is 5.03 Å². The lowest BCUT2D eigenvalue weighted by atomic mass is 10.3. The second-order valence-corrected chi connectivity index (χ2v) is 3.95. The highest BCUT2D eigenvalue weighted by Crippen LogP contribution is 2.19. The molecule has 0 atom stereocenters. The average Bonchev–Trinajstić information content (AvgIpc) is 2.23. The molecule has 1 N–H and O–H groups in total. The van der Waals surface area contributed by atoms with E-state index in [0.717, 1.165) is 11.8 Å². The lowest BCUT2D eigenvalue weighted by molar-refractivity contribution is -0.322. The minimum Gasteiger partial charge on any atom is -0.478 e. The summed E-state index contributed by atoms with van der Waals surface area (Å²) in [5, 5.41) is 9.02. The van der Waals surface area contributed by atoms with Gasteiger partial charge in [0.1, 0.15) is 0 Å². The number of hydrogen-bond donors (Lipinski definition) is 1. The van der Waals surface area contributed by atoms with E-state index >= 15 is 0 Å². The maximum Gasteiger partial charge on any atom is 0.522 e. The highest BCUT2D eigenvalue weighted by atomic mass is 32.2. The van der Waals surface area contributed by atoms with E-state index in [1.165, 1.54) is 18.3 Å². The van der Waals surface area contributed by atoms with E-state index in [1.54, 1.807) is 0 Å². The van der Waals surface area contributed by atoms with Crippen LogP contribution < -0.4 is 0 Å². The lowest BCUT2D eigenvalue weighted by Gasteiger charge is -2.06. The first-order valence-electron chi connectivity index (χ1n) is 4.41. The van der Waals surface area contributed by atoms with Crippen molar-refractivity contribution in [2.24, 2.45) is 0 Å². The Morgan fingerprint density at radius 2 is 2.24 bits per heavy atom. The van der Waals surface area contributed by atoms with Crippen molar-refractivity contribution in [1.29, 1.82) is 0 Å². The number of aromatic carboxylic acids is 1. The molecule has 0 aliphatic rings. The zero-order chi connectivity index (χ0) is 12.9. The molecular formula is C9H8F3NO3S. The van der Waals surface area contributed by atoms with Crippen molar-refractivity contribution in [2.75, 3.05) is 12.4 Å². The van der Waals surface area contributed by atoms with Crippen molar-refractivity contribution in [3.63, 3.8) is 0 Å². The Hall–Kier alpha value is -1.28. The Bertz CT molecular complexity index is 397. The number of alkyl halides is 3. The molecule has 0 saturated carbocycles. The molecule has 0 radical (unpaired) electrons. The molecule has 0 amide bonds. The number of nitrogens with zero attached hydrogens (tertiary/aromatic N) is 1. The van der Waals surface area contributed by atoms with Gasteiger partial charge in [-0.2, -0.15) is 0 Å². The van der Waals surface area contributed by atoms with Gasteiger partial charge in [-0.15, -0.1) is 24.9 Å². The van der Waals surface area contributed by atoms with Gasteiger partial charge in [0.25, 0.3) is 0 Å². The minimum atomic E-state index is -4.64. The fourth-order valence-electron chi connectivity index (χ4n) is 0.925. The first-order chi connectivity index (χ1) is 7.88. The van der Waals surface area contributed by atoms with Crippen LogP contribution in [0.4, 0.5) is 13.2 Å². The summed E-state index contributed by atoms with van der Waals surface area (Å²) in [5.74, 6) is -1.07.